The second-order valence-corrected chi connectivity index (χ2v) is 5.56. The first kappa shape index (κ1) is 13.9. The van der Waals surface area contributed by atoms with Crippen molar-refractivity contribution in [3.8, 4) is 5.75 Å². The van der Waals surface area contributed by atoms with Gasteiger partial charge in [-0.25, -0.2) is 0 Å². The molecule has 2 unspecified atom stereocenters. The van der Waals surface area contributed by atoms with Gasteiger partial charge in [0, 0.05) is 17.2 Å². The summed E-state index contributed by atoms with van der Waals surface area (Å²) in [6, 6.07) is 5.38. The Morgan fingerprint density at radius 2 is 2.21 bits per heavy atom. The molecular formula is C16H23NO2. The van der Waals surface area contributed by atoms with Gasteiger partial charge in [0.05, 0.1) is 0 Å². The van der Waals surface area contributed by atoms with Gasteiger partial charge in [-0.1, -0.05) is 32.3 Å². The van der Waals surface area contributed by atoms with Crippen molar-refractivity contribution < 1.29 is 9.90 Å². The van der Waals surface area contributed by atoms with E-state index in [1.165, 1.54) is 19.3 Å². The van der Waals surface area contributed by atoms with Crippen LogP contribution in [0.1, 0.15) is 54.9 Å². The summed E-state index contributed by atoms with van der Waals surface area (Å²) >= 11 is 0. The normalized spacial score (nSPS) is 23.1. The van der Waals surface area contributed by atoms with E-state index >= 15 is 0 Å². The Kier molecular flexibility index (Phi) is 4.46. The number of phenols is 1. The minimum Gasteiger partial charge on any atom is -0.508 e. The van der Waals surface area contributed by atoms with Crippen LogP contribution in [0.25, 0.3) is 0 Å². The van der Waals surface area contributed by atoms with Crippen LogP contribution in [0.5, 0.6) is 5.75 Å². The molecule has 1 aromatic rings. The Hall–Kier alpha value is -1.51. The molecular weight excluding hydrogens is 238 g/mol. The van der Waals surface area contributed by atoms with Crippen molar-refractivity contribution in [1.29, 1.82) is 0 Å². The van der Waals surface area contributed by atoms with Crippen LogP contribution in [0, 0.1) is 12.8 Å². The number of benzene rings is 1. The molecule has 0 saturated heterocycles. The maximum atomic E-state index is 12.3. The molecule has 1 aliphatic rings. The summed E-state index contributed by atoms with van der Waals surface area (Å²) in [7, 11) is 0. The van der Waals surface area contributed by atoms with Gasteiger partial charge >= 0.3 is 0 Å². The lowest BCUT2D eigenvalue weighted by atomic mass is 9.84. The quantitative estimate of drug-likeness (QED) is 0.876. The van der Waals surface area contributed by atoms with Crippen LogP contribution in [-0.4, -0.2) is 17.1 Å². The van der Waals surface area contributed by atoms with Crippen LogP contribution in [0.15, 0.2) is 18.2 Å². The summed E-state index contributed by atoms with van der Waals surface area (Å²) in [5, 5.41) is 12.8. The smallest absolute Gasteiger partial charge is 0.251 e. The fourth-order valence-corrected chi connectivity index (χ4v) is 2.93. The molecule has 1 amide bonds. The van der Waals surface area contributed by atoms with Crippen molar-refractivity contribution in [2.45, 2.75) is 52.0 Å². The lowest BCUT2D eigenvalue weighted by molar-refractivity contribution is 0.0918. The Bertz CT molecular complexity index is 456. The third-order valence-electron chi connectivity index (χ3n) is 4.25. The fourth-order valence-electron chi connectivity index (χ4n) is 2.93. The lowest BCUT2D eigenvalue weighted by Gasteiger charge is -2.29. The van der Waals surface area contributed by atoms with E-state index < -0.39 is 0 Å². The number of hydrogen-bond acceptors (Lipinski definition) is 2. The topological polar surface area (TPSA) is 49.3 Å². The standard InChI is InChI=1S/C16H23NO2/c1-3-12-6-4-7-13(10-12)17-16(19)14-8-5-9-15(18)11(14)2/h5,8-9,12-13,18H,3-4,6-7,10H2,1-2H3,(H,17,19). The zero-order valence-electron chi connectivity index (χ0n) is 11.8. The summed E-state index contributed by atoms with van der Waals surface area (Å²) in [5.41, 5.74) is 1.24. The number of aromatic hydroxyl groups is 1. The van der Waals surface area contributed by atoms with Crippen molar-refractivity contribution in [3.05, 3.63) is 29.3 Å². The van der Waals surface area contributed by atoms with E-state index in [2.05, 4.69) is 12.2 Å². The first-order valence-electron chi connectivity index (χ1n) is 7.21. The molecule has 2 atom stereocenters. The van der Waals surface area contributed by atoms with Crippen LogP contribution in [0.4, 0.5) is 0 Å². The Morgan fingerprint density at radius 3 is 2.95 bits per heavy atom. The number of phenolic OH excluding ortho intramolecular Hbond substituents is 1. The molecule has 2 rings (SSSR count). The molecule has 0 aliphatic heterocycles. The zero-order valence-corrected chi connectivity index (χ0v) is 11.8. The molecule has 1 aromatic carbocycles. The molecule has 0 heterocycles. The van der Waals surface area contributed by atoms with Gasteiger partial charge in [0.1, 0.15) is 5.75 Å². The van der Waals surface area contributed by atoms with E-state index in [9.17, 15) is 9.90 Å². The Labute approximate surface area is 115 Å². The SMILES string of the molecule is CCC1CCCC(NC(=O)c2cccc(O)c2C)C1. The molecule has 19 heavy (non-hydrogen) atoms. The number of nitrogens with one attached hydrogen (secondary N) is 1. The van der Waals surface area contributed by atoms with Crippen LogP contribution < -0.4 is 5.32 Å². The molecule has 1 saturated carbocycles. The summed E-state index contributed by atoms with van der Waals surface area (Å²) in [4.78, 5) is 12.3. The molecule has 0 radical (unpaired) electrons. The van der Waals surface area contributed by atoms with Crippen molar-refractivity contribution in [3.63, 3.8) is 0 Å². The van der Waals surface area contributed by atoms with Crippen LogP contribution in [0.3, 0.4) is 0 Å². The van der Waals surface area contributed by atoms with Crippen LogP contribution in [-0.2, 0) is 0 Å². The van der Waals surface area contributed by atoms with Gasteiger partial charge in [0.25, 0.3) is 5.91 Å². The van der Waals surface area contributed by atoms with E-state index in [4.69, 9.17) is 0 Å². The number of amides is 1. The predicted molar refractivity (Wildman–Crippen MR) is 76.3 cm³/mol. The van der Waals surface area contributed by atoms with E-state index in [1.807, 2.05) is 0 Å². The molecule has 0 bridgehead atoms. The molecule has 1 fully saturated rings. The summed E-state index contributed by atoms with van der Waals surface area (Å²) < 4.78 is 0. The number of rotatable bonds is 3. The first-order chi connectivity index (χ1) is 9.11. The molecule has 0 spiro atoms. The average molecular weight is 261 g/mol. The highest BCUT2D eigenvalue weighted by atomic mass is 16.3. The molecule has 1 aliphatic carbocycles. The largest absolute Gasteiger partial charge is 0.508 e. The number of carbonyl (C=O) groups is 1. The predicted octanol–water partition coefficient (Wildman–Crippen LogP) is 3.40. The number of carbonyl (C=O) groups excluding carboxylic acids is 1. The van der Waals surface area contributed by atoms with Crippen LogP contribution >= 0.6 is 0 Å². The zero-order chi connectivity index (χ0) is 13.8. The van der Waals surface area contributed by atoms with Crippen molar-refractivity contribution in [2.75, 3.05) is 0 Å². The average Bonchev–Trinajstić information content (AvgIpc) is 2.42. The third kappa shape index (κ3) is 3.28. The van der Waals surface area contributed by atoms with Crippen molar-refractivity contribution in [1.82, 2.24) is 5.32 Å². The molecule has 0 aromatic heterocycles. The van der Waals surface area contributed by atoms with E-state index in [0.717, 1.165) is 18.8 Å². The highest BCUT2D eigenvalue weighted by Crippen LogP contribution is 2.27. The minimum absolute atomic E-state index is 0.0600. The minimum atomic E-state index is -0.0600. The molecule has 104 valence electrons. The van der Waals surface area contributed by atoms with Crippen molar-refractivity contribution >= 4 is 5.91 Å². The van der Waals surface area contributed by atoms with E-state index in [0.29, 0.717) is 11.1 Å². The van der Waals surface area contributed by atoms with Gasteiger partial charge in [-0.05, 0) is 37.8 Å². The highest BCUT2D eigenvalue weighted by molar-refractivity contribution is 5.96. The molecule has 2 N–H and O–H groups in total. The highest BCUT2D eigenvalue weighted by Gasteiger charge is 2.23. The number of hydrogen-bond donors (Lipinski definition) is 2. The summed E-state index contributed by atoms with van der Waals surface area (Å²) in [5.74, 6) is 0.863. The molecule has 3 heteroatoms. The van der Waals surface area contributed by atoms with E-state index in [1.54, 1.807) is 25.1 Å². The maximum Gasteiger partial charge on any atom is 0.251 e. The van der Waals surface area contributed by atoms with Gasteiger partial charge in [-0.15, -0.1) is 0 Å². The monoisotopic (exact) mass is 261 g/mol. The lowest BCUT2D eigenvalue weighted by Crippen LogP contribution is -2.38. The molecule has 3 nitrogen and oxygen atoms in total. The van der Waals surface area contributed by atoms with Crippen molar-refractivity contribution in [2.24, 2.45) is 5.92 Å². The maximum absolute atomic E-state index is 12.3. The summed E-state index contributed by atoms with van der Waals surface area (Å²) in [6.45, 7) is 3.99. The second-order valence-electron chi connectivity index (χ2n) is 5.56. The Balaban J connectivity index is 2.02. The van der Waals surface area contributed by atoms with Gasteiger partial charge in [0.15, 0.2) is 0 Å². The van der Waals surface area contributed by atoms with Crippen LogP contribution in [0.2, 0.25) is 0 Å². The third-order valence-corrected chi connectivity index (χ3v) is 4.25. The van der Waals surface area contributed by atoms with Gasteiger partial charge in [0.2, 0.25) is 0 Å². The Morgan fingerprint density at radius 1 is 1.42 bits per heavy atom. The van der Waals surface area contributed by atoms with Gasteiger partial charge in [-0.2, -0.15) is 0 Å². The van der Waals surface area contributed by atoms with E-state index in [-0.39, 0.29) is 17.7 Å². The first-order valence-corrected chi connectivity index (χ1v) is 7.21. The fraction of sp³-hybridized carbons (Fsp3) is 0.562. The van der Waals surface area contributed by atoms with Gasteiger partial charge in [-0.3, -0.25) is 4.79 Å². The summed E-state index contributed by atoms with van der Waals surface area (Å²) in [6.07, 6.45) is 5.83. The van der Waals surface area contributed by atoms with Gasteiger partial charge < -0.3 is 10.4 Å². The second kappa shape index (κ2) is 6.09.